The van der Waals surface area contributed by atoms with Gasteiger partial charge in [-0.2, -0.15) is 0 Å². The van der Waals surface area contributed by atoms with Crippen molar-refractivity contribution in [2.24, 2.45) is 11.7 Å². The van der Waals surface area contributed by atoms with Crippen LogP contribution in [0.25, 0.3) is 0 Å². The van der Waals surface area contributed by atoms with Gasteiger partial charge in [-0.25, -0.2) is 0 Å². The second kappa shape index (κ2) is 5.26. The van der Waals surface area contributed by atoms with E-state index >= 15 is 0 Å². The highest BCUT2D eigenvalue weighted by atomic mass is 16.2. The predicted molar refractivity (Wildman–Crippen MR) is 68.8 cm³/mol. The number of amides is 2. The average molecular weight is 253 g/mol. The van der Waals surface area contributed by atoms with Crippen molar-refractivity contribution in [2.75, 3.05) is 20.1 Å². The van der Waals surface area contributed by atoms with Crippen LogP contribution < -0.4 is 11.1 Å². The number of nitrogens with two attached hydrogens (primary N) is 1. The molecule has 0 aromatic carbocycles. The summed E-state index contributed by atoms with van der Waals surface area (Å²) in [6.45, 7) is 1.38. The minimum absolute atomic E-state index is 0.0644. The molecule has 5 nitrogen and oxygen atoms in total. The molecule has 0 unspecified atom stereocenters. The number of carbonyl (C=O) groups excluding carboxylic acids is 2. The van der Waals surface area contributed by atoms with Gasteiger partial charge in [0.15, 0.2) is 0 Å². The average Bonchev–Trinajstić information content (AvgIpc) is 2.36. The van der Waals surface area contributed by atoms with Gasteiger partial charge in [0.05, 0.1) is 0 Å². The third-order valence-corrected chi connectivity index (χ3v) is 4.32. The number of likely N-dealkylation sites (tertiary alicyclic amines) is 1. The highest BCUT2D eigenvalue weighted by Gasteiger charge is 2.37. The van der Waals surface area contributed by atoms with Crippen LogP contribution in [0.2, 0.25) is 0 Å². The number of piperidine rings is 1. The maximum atomic E-state index is 12.1. The second-order valence-electron chi connectivity index (χ2n) is 5.66. The van der Waals surface area contributed by atoms with Crippen LogP contribution in [0, 0.1) is 5.92 Å². The Bertz CT molecular complexity index is 331. The van der Waals surface area contributed by atoms with Gasteiger partial charge in [-0.15, -0.1) is 0 Å². The predicted octanol–water partition coefficient (Wildman–Crippen LogP) is 0.243. The van der Waals surface area contributed by atoms with Gasteiger partial charge in [-0.05, 0) is 32.1 Å². The van der Waals surface area contributed by atoms with Crippen molar-refractivity contribution in [1.29, 1.82) is 0 Å². The summed E-state index contributed by atoms with van der Waals surface area (Å²) in [6, 6.07) is 0. The Balaban J connectivity index is 1.78. The van der Waals surface area contributed by atoms with E-state index < -0.39 is 0 Å². The summed E-state index contributed by atoms with van der Waals surface area (Å²) in [7, 11) is 1.66. The van der Waals surface area contributed by atoms with Crippen molar-refractivity contribution in [3.8, 4) is 0 Å². The number of rotatable bonds is 3. The van der Waals surface area contributed by atoms with Gasteiger partial charge < -0.3 is 16.0 Å². The van der Waals surface area contributed by atoms with Crippen LogP contribution in [0.5, 0.6) is 0 Å². The maximum Gasteiger partial charge on any atom is 0.224 e. The van der Waals surface area contributed by atoms with Gasteiger partial charge in [-0.3, -0.25) is 9.59 Å². The first-order valence-electron chi connectivity index (χ1n) is 6.82. The minimum Gasteiger partial charge on any atom is -0.359 e. The molecule has 5 heteroatoms. The molecule has 2 amide bonds. The Morgan fingerprint density at radius 2 is 1.94 bits per heavy atom. The lowest BCUT2D eigenvalue weighted by molar-refractivity contribution is -0.137. The molecule has 1 heterocycles. The van der Waals surface area contributed by atoms with Crippen LogP contribution >= 0.6 is 0 Å². The van der Waals surface area contributed by atoms with Crippen LogP contribution in [-0.4, -0.2) is 42.4 Å². The molecule has 1 saturated heterocycles. The molecule has 0 aromatic rings. The van der Waals surface area contributed by atoms with Gasteiger partial charge >= 0.3 is 0 Å². The zero-order valence-corrected chi connectivity index (χ0v) is 11.1. The lowest BCUT2D eigenvalue weighted by Gasteiger charge is -2.40. The topological polar surface area (TPSA) is 75.4 Å². The quantitative estimate of drug-likeness (QED) is 0.756. The van der Waals surface area contributed by atoms with Crippen LogP contribution in [0.15, 0.2) is 0 Å². The number of nitrogens with zero attached hydrogens (tertiary/aromatic N) is 1. The Kier molecular flexibility index (Phi) is 3.90. The molecule has 3 N–H and O–H groups in total. The van der Waals surface area contributed by atoms with Crippen LogP contribution in [-0.2, 0) is 9.59 Å². The summed E-state index contributed by atoms with van der Waals surface area (Å²) in [4.78, 5) is 25.5. The summed E-state index contributed by atoms with van der Waals surface area (Å²) < 4.78 is 0. The van der Waals surface area contributed by atoms with Crippen molar-refractivity contribution in [3.05, 3.63) is 0 Å². The smallest absolute Gasteiger partial charge is 0.224 e. The summed E-state index contributed by atoms with van der Waals surface area (Å²) in [5.74, 6) is 0.318. The first-order valence-corrected chi connectivity index (χ1v) is 6.82. The van der Waals surface area contributed by atoms with E-state index in [0.29, 0.717) is 19.5 Å². The first kappa shape index (κ1) is 13.3. The first-order chi connectivity index (χ1) is 8.54. The lowest BCUT2D eigenvalue weighted by Crippen LogP contribution is -2.52. The SMILES string of the molecule is CNC(=O)C1CCN(C(=O)CC2(N)CCC2)CC1. The van der Waals surface area contributed by atoms with Crippen molar-refractivity contribution >= 4 is 11.8 Å². The van der Waals surface area contributed by atoms with Crippen molar-refractivity contribution in [1.82, 2.24) is 10.2 Å². The molecule has 0 atom stereocenters. The minimum atomic E-state index is -0.241. The maximum absolute atomic E-state index is 12.1. The van der Waals surface area contributed by atoms with Crippen LogP contribution in [0.1, 0.15) is 38.5 Å². The molecule has 2 fully saturated rings. The Labute approximate surface area is 108 Å². The van der Waals surface area contributed by atoms with E-state index in [1.165, 1.54) is 0 Å². The third-order valence-electron chi connectivity index (χ3n) is 4.32. The molecule has 1 saturated carbocycles. The largest absolute Gasteiger partial charge is 0.359 e. The molecule has 0 spiro atoms. The van der Waals surface area contributed by atoms with Crippen LogP contribution in [0.4, 0.5) is 0 Å². The fraction of sp³-hybridized carbons (Fsp3) is 0.846. The highest BCUT2D eigenvalue weighted by Crippen LogP contribution is 2.33. The molecule has 1 aliphatic heterocycles. The van der Waals surface area contributed by atoms with Crippen molar-refractivity contribution < 1.29 is 9.59 Å². The van der Waals surface area contributed by atoms with E-state index in [4.69, 9.17) is 5.73 Å². The van der Waals surface area contributed by atoms with E-state index in [1.54, 1.807) is 7.05 Å². The standard InChI is InChI=1S/C13H23N3O2/c1-15-12(18)10-3-7-16(8-4-10)11(17)9-13(14)5-2-6-13/h10H,2-9,14H2,1H3,(H,15,18). The molecule has 18 heavy (non-hydrogen) atoms. The normalized spacial score (nSPS) is 23.3. The number of carbonyl (C=O) groups is 2. The molecule has 0 aromatic heterocycles. The Morgan fingerprint density at radius 3 is 2.39 bits per heavy atom. The summed E-state index contributed by atoms with van der Waals surface area (Å²) in [5, 5.41) is 2.67. The molecule has 0 bridgehead atoms. The van der Waals surface area contributed by atoms with Crippen LogP contribution in [0.3, 0.4) is 0 Å². The van der Waals surface area contributed by atoms with Gasteiger partial charge in [0, 0.05) is 38.0 Å². The fourth-order valence-electron chi connectivity index (χ4n) is 2.82. The zero-order chi connectivity index (χ0) is 13.2. The molecule has 0 radical (unpaired) electrons. The van der Waals surface area contributed by atoms with E-state index in [9.17, 15) is 9.59 Å². The monoisotopic (exact) mass is 253 g/mol. The van der Waals surface area contributed by atoms with Crippen molar-refractivity contribution in [2.45, 2.75) is 44.1 Å². The van der Waals surface area contributed by atoms with Gasteiger partial charge in [0.2, 0.25) is 11.8 Å². The molecule has 2 rings (SSSR count). The van der Waals surface area contributed by atoms with Gasteiger partial charge in [-0.1, -0.05) is 0 Å². The molecule has 1 aliphatic carbocycles. The number of nitrogens with one attached hydrogen (secondary N) is 1. The summed E-state index contributed by atoms with van der Waals surface area (Å²) in [6.07, 6.45) is 5.08. The Hall–Kier alpha value is -1.10. The Morgan fingerprint density at radius 1 is 1.33 bits per heavy atom. The molecule has 2 aliphatic rings. The number of hydrogen-bond acceptors (Lipinski definition) is 3. The molecular formula is C13H23N3O2. The number of hydrogen-bond donors (Lipinski definition) is 2. The van der Waals surface area contributed by atoms with Gasteiger partial charge in [0.25, 0.3) is 0 Å². The van der Waals surface area contributed by atoms with E-state index in [2.05, 4.69) is 5.32 Å². The highest BCUT2D eigenvalue weighted by molar-refractivity contribution is 5.80. The second-order valence-corrected chi connectivity index (χ2v) is 5.66. The van der Waals surface area contributed by atoms with E-state index in [1.807, 2.05) is 4.90 Å². The van der Waals surface area contributed by atoms with E-state index in [0.717, 1.165) is 32.1 Å². The third kappa shape index (κ3) is 2.83. The summed E-state index contributed by atoms with van der Waals surface area (Å²) in [5.41, 5.74) is 5.85. The lowest BCUT2D eigenvalue weighted by atomic mass is 9.75. The molecular weight excluding hydrogens is 230 g/mol. The fourth-order valence-corrected chi connectivity index (χ4v) is 2.82. The van der Waals surface area contributed by atoms with E-state index in [-0.39, 0.29) is 23.3 Å². The summed E-state index contributed by atoms with van der Waals surface area (Å²) >= 11 is 0. The molecule has 102 valence electrons. The van der Waals surface area contributed by atoms with Crippen molar-refractivity contribution in [3.63, 3.8) is 0 Å². The van der Waals surface area contributed by atoms with Gasteiger partial charge in [0.1, 0.15) is 0 Å². The zero-order valence-electron chi connectivity index (χ0n) is 11.1.